The molecule has 0 saturated heterocycles. The Morgan fingerprint density at radius 1 is 0.812 bits per heavy atom. The predicted octanol–water partition coefficient (Wildman–Crippen LogP) is 6.12. The second-order valence-corrected chi connectivity index (χ2v) is 9.84. The van der Waals surface area contributed by atoms with Crippen molar-refractivity contribution in [3.63, 3.8) is 0 Å². The van der Waals surface area contributed by atoms with Gasteiger partial charge < -0.3 is 9.47 Å². The van der Waals surface area contributed by atoms with Gasteiger partial charge in [0.15, 0.2) is 5.25 Å². The van der Waals surface area contributed by atoms with Crippen molar-refractivity contribution in [3.05, 3.63) is 12.3 Å². The molecule has 0 radical (unpaired) electrons. The van der Waals surface area contributed by atoms with Crippen molar-refractivity contribution in [1.29, 1.82) is 0 Å². The number of rotatable bonds is 21. The van der Waals surface area contributed by atoms with Crippen LogP contribution in [0, 0.1) is 0 Å². The van der Waals surface area contributed by atoms with Crippen LogP contribution in [0.25, 0.3) is 0 Å². The lowest BCUT2D eigenvalue weighted by Gasteiger charge is -2.12. The summed E-state index contributed by atoms with van der Waals surface area (Å²) in [4.78, 5) is 23.6. The van der Waals surface area contributed by atoms with Gasteiger partial charge in [-0.1, -0.05) is 97.3 Å². The number of carbonyl (C=O) groups is 2. The normalized spacial score (nSPS) is 12.7. The van der Waals surface area contributed by atoms with E-state index >= 15 is 0 Å². The average molecular weight is 477 g/mol. The number of hydrogen-bond acceptors (Lipinski definition) is 6. The first-order valence-corrected chi connectivity index (χ1v) is 13.8. The van der Waals surface area contributed by atoms with Gasteiger partial charge in [-0.05, 0) is 18.9 Å². The SMILES string of the molecule is CC/C=C/OC(=O)CC(C(=O)OCCCCCCCCCCCCCCCC)S(=O)(=O)O. The van der Waals surface area contributed by atoms with Crippen molar-refractivity contribution in [3.8, 4) is 0 Å². The number of ether oxygens (including phenoxy) is 2. The fraction of sp³-hybridized carbons (Fsp3) is 0.833. The Kier molecular flexibility index (Phi) is 19.3. The van der Waals surface area contributed by atoms with E-state index in [9.17, 15) is 22.6 Å². The van der Waals surface area contributed by atoms with E-state index in [1.807, 2.05) is 6.92 Å². The molecule has 1 unspecified atom stereocenters. The first-order chi connectivity index (χ1) is 15.3. The van der Waals surface area contributed by atoms with Crippen LogP contribution in [-0.4, -0.2) is 36.8 Å². The van der Waals surface area contributed by atoms with Crippen molar-refractivity contribution in [2.75, 3.05) is 6.61 Å². The van der Waals surface area contributed by atoms with Crippen LogP contribution in [0.3, 0.4) is 0 Å². The lowest BCUT2D eigenvalue weighted by Crippen LogP contribution is -2.34. The van der Waals surface area contributed by atoms with Crippen LogP contribution in [0.4, 0.5) is 0 Å². The van der Waals surface area contributed by atoms with E-state index < -0.39 is 33.7 Å². The van der Waals surface area contributed by atoms with Crippen molar-refractivity contribution in [1.82, 2.24) is 0 Å². The molecule has 0 aliphatic rings. The summed E-state index contributed by atoms with van der Waals surface area (Å²) >= 11 is 0. The second kappa shape index (κ2) is 20.2. The minimum atomic E-state index is -4.76. The Hall–Kier alpha value is -1.41. The summed E-state index contributed by atoms with van der Waals surface area (Å²) in [6.45, 7) is 4.13. The molecular formula is C24H44O7S. The van der Waals surface area contributed by atoms with Crippen molar-refractivity contribution >= 4 is 22.1 Å². The van der Waals surface area contributed by atoms with Gasteiger partial charge in [0.1, 0.15) is 0 Å². The third-order valence-corrected chi connectivity index (χ3v) is 6.33. The summed E-state index contributed by atoms with van der Waals surface area (Å²) < 4.78 is 41.7. The Morgan fingerprint density at radius 3 is 1.72 bits per heavy atom. The average Bonchev–Trinajstić information content (AvgIpc) is 2.74. The van der Waals surface area contributed by atoms with E-state index in [0.29, 0.717) is 12.8 Å². The van der Waals surface area contributed by atoms with Gasteiger partial charge in [-0.3, -0.25) is 14.1 Å². The Bertz CT molecular complexity index is 614. The molecule has 0 fully saturated rings. The zero-order valence-corrected chi connectivity index (χ0v) is 20.9. The van der Waals surface area contributed by atoms with E-state index in [1.54, 1.807) is 6.08 Å². The molecule has 0 bridgehead atoms. The maximum Gasteiger partial charge on any atom is 0.327 e. The molecule has 0 amide bonds. The summed E-state index contributed by atoms with van der Waals surface area (Å²) in [6.07, 6.45) is 19.3. The molecule has 0 aromatic heterocycles. The van der Waals surface area contributed by atoms with Gasteiger partial charge in [0, 0.05) is 0 Å². The molecule has 1 N–H and O–H groups in total. The Balaban J connectivity index is 3.82. The summed E-state index contributed by atoms with van der Waals surface area (Å²) in [5.41, 5.74) is 0. The molecule has 0 rings (SSSR count). The van der Waals surface area contributed by atoms with E-state index in [1.165, 1.54) is 64.2 Å². The minimum Gasteiger partial charge on any atom is -0.465 e. The van der Waals surface area contributed by atoms with Gasteiger partial charge >= 0.3 is 11.9 Å². The first kappa shape index (κ1) is 30.6. The molecule has 0 heterocycles. The quantitative estimate of drug-likeness (QED) is 0.0919. The molecule has 8 heteroatoms. The van der Waals surface area contributed by atoms with Crippen LogP contribution in [0.5, 0.6) is 0 Å². The molecule has 0 saturated carbocycles. The van der Waals surface area contributed by atoms with Crippen LogP contribution in [-0.2, 0) is 29.2 Å². The summed E-state index contributed by atoms with van der Waals surface area (Å²) in [5.74, 6) is -2.05. The summed E-state index contributed by atoms with van der Waals surface area (Å²) in [6, 6.07) is 0. The van der Waals surface area contributed by atoms with Gasteiger partial charge in [-0.15, -0.1) is 0 Å². The van der Waals surface area contributed by atoms with Crippen molar-refractivity contribution < 1.29 is 32.0 Å². The first-order valence-electron chi connectivity index (χ1n) is 12.3. The number of allylic oxidation sites excluding steroid dienone is 1. The van der Waals surface area contributed by atoms with Gasteiger partial charge in [0.05, 0.1) is 19.3 Å². The lowest BCUT2D eigenvalue weighted by molar-refractivity contribution is -0.147. The highest BCUT2D eigenvalue weighted by molar-refractivity contribution is 7.87. The molecule has 32 heavy (non-hydrogen) atoms. The molecule has 188 valence electrons. The maximum absolute atomic E-state index is 12.0. The summed E-state index contributed by atoms with van der Waals surface area (Å²) in [5, 5.41) is -1.96. The number of unbranched alkanes of at least 4 members (excludes halogenated alkanes) is 13. The molecular weight excluding hydrogens is 432 g/mol. The molecule has 1 atom stereocenters. The van der Waals surface area contributed by atoms with E-state index in [4.69, 9.17) is 4.74 Å². The summed E-state index contributed by atoms with van der Waals surface area (Å²) in [7, 11) is -4.76. The largest absolute Gasteiger partial charge is 0.465 e. The van der Waals surface area contributed by atoms with Gasteiger partial charge in [-0.25, -0.2) is 0 Å². The van der Waals surface area contributed by atoms with Gasteiger partial charge in [0.25, 0.3) is 10.1 Å². The van der Waals surface area contributed by atoms with Crippen LogP contribution in [0.15, 0.2) is 12.3 Å². The standard InChI is InChI=1S/C24H44O7S/c1-3-5-7-8-9-10-11-12-13-14-15-16-17-18-20-31-24(26)22(32(27,28)29)21-23(25)30-19-6-4-2/h6,19,22H,3-5,7-18,20-21H2,1-2H3,(H,27,28,29)/b19-6+. The number of esters is 2. The minimum absolute atomic E-state index is 0.0632. The monoisotopic (exact) mass is 476 g/mol. The van der Waals surface area contributed by atoms with Crippen molar-refractivity contribution in [2.45, 2.75) is 122 Å². The number of hydrogen-bond donors (Lipinski definition) is 1. The fourth-order valence-electron chi connectivity index (χ4n) is 3.29. The second-order valence-electron chi connectivity index (χ2n) is 8.24. The highest BCUT2D eigenvalue weighted by atomic mass is 32.2. The van der Waals surface area contributed by atoms with Crippen LogP contribution in [0.1, 0.15) is 117 Å². The van der Waals surface area contributed by atoms with Crippen LogP contribution in [0.2, 0.25) is 0 Å². The molecule has 0 aliphatic carbocycles. The molecule has 0 aromatic carbocycles. The topological polar surface area (TPSA) is 107 Å². The molecule has 0 aliphatic heterocycles. The van der Waals surface area contributed by atoms with Gasteiger partial charge in [0.2, 0.25) is 0 Å². The van der Waals surface area contributed by atoms with E-state index in [2.05, 4.69) is 11.7 Å². The smallest absolute Gasteiger partial charge is 0.327 e. The third-order valence-electron chi connectivity index (χ3n) is 5.25. The molecule has 7 nitrogen and oxygen atoms in total. The Morgan fingerprint density at radius 2 is 1.28 bits per heavy atom. The Labute approximate surface area is 195 Å². The van der Waals surface area contributed by atoms with E-state index in [0.717, 1.165) is 25.5 Å². The third kappa shape index (κ3) is 18.2. The van der Waals surface area contributed by atoms with Gasteiger partial charge in [-0.2, -0.15) is 8.42 Å². The predicted molar refractivity (Wildman–Crippen MR) is 127 cm³/mol. The zero-order valence-electron chi connectivity index (χ0n) is 20.1. The highest BCUT2D eigenvalue weighted by Crippen LogP contribution is 2.13. The van der Waals surface area contributed by atoms with E-state index in [-0.39, 0.29) is 6.61 Å². The highest BCUT2D eigenvalue weighted by Gasteiger charge is 2.35. The number of carbonyl (C=O) groups excluding carboxylic acids is 2. The maximum atomic E-state index is 12.0. The molecule has 0 aromatic rings. The molecule has 0 spiro atoms. The van der Waals surface area contributed by atoms with Crippen molar-refractivity contribution in [2.24, 2.45) is 0 Å². The van der Waals surface area contributed by atoms with Crippen LogP contribution < -0.4 is 0 Å². The van der Waals surface area contributed by atoms with Crippen LogP contribution >= 0.6 is 0 Å². The fourth-order valence-corrected chi connectivity index (χ4v) is 3.95. The lowest BCUT2D eigenvalue weighted by atomic mass is 10.0. The zero-order chi connectivity index (χ0) is 24.1.